The minimum Gasteiger partial charge on any atom is -0.255 e. The lowest BCUT2D eigenvalue weighted by Gasteiger charge is -2.09. The van der Waals surface area contributed by atoms with Crippen LogP contribution in [0.3, 0.4) is 0 Å². The smallest absolute Gasteiger partial charge is 0.255 e. The number of benzene rings is 1. The summed E-state index contributed by atoms with van der Waals surface area (Å²) in [7, 11) is 0. The van der Waals surface area contributed by atoms with E-state index in [1.165, 1.54) is 24.5 Å². The monoisotopic (exact) mass is 284 g/mol. The van der Waals surface area contributed by atoms with E-state index < -0.39 is 11.7 Å². The molecule has 0 aliphatic heterocycles. The van der Waals surface area contributed by atoms with E-state index in [9.17, 15) is 13.2 Å². The largest absolute Gasteiger partial charge is 0.418 e. The Kier molecular flexibility index (Phi) is 3.85. The summed E-state index contributed by atoms with van der Waals surface area (Å²) >= 11 is 5.58. The highest BCUT2D eigenvalue weighted by Crippen LogP contribution is 2.37. The van der Waals surface area contributed by atoms with Crippen LogP contribution in [0.15, 0.2) is 47.6 Å². The highest BCUT2D eigenvalue weighted by atomic mass is 35.5. The van der Waals surface area contributed by atoms with Crippen molar-refractivity contribution in [3.63, 3.8) is 0 Å². The highest BCUT2D eigenvalue weighted by molar-refractivity contribution is 6.30. The second-order valence-corrected chi connectivity index (χ2v) is 4.11. The van der Waals surface area contributed by atoms with Crippen molar-refractivity contribution in [3.05, 3.63) is 58.9 Å². The Bertz CT molecular complexity index is 595. The van der Waals surface area contributed by atoms with E-state index in [1.807, 2.05) is 0 Å². The van der Waals surface area contributed by atoms with Gasteiger partial charge in [0.1, 0.15) is 0 Å². The molecule has 0 saturated carbocycles. The maximum atomic E-state index is 12.8. The fraction of sp³-hybridized carbons (Fsp3) is 0.0769. The average Bonchev–Trinajstić information content (AvgIpc) is 2.37. The van der Waals surface area contributed by atoms with Crippen LogP contribution in [-0.2, 0) is 6.18 Å². The number of hydrogen-bond donors (Lipinski definition) is 0. The number of rotatable bonds is 2. The van der Waals surface area contributed by atoms with Gasteiger partial charge in [0.2, 0.25) is 0 Å². The molecule has 2 rings (SSSR count). The topological polar surface area (TPSA) is 25.2 Å². The van der Waals surface area contributed by atoms with Gasteiger partial charge < -0.3 is 0 Å². The van der Waals surface area contributed by atoms with Crippen LogP contribution < -0.4 is 0 Å². The van der Waals surface area contributed by atoms with Crippen LogP contribution in [0.5, 0.6) is 0 Å². The molecule has 0 bridgehead atoms. The van der Waals surface area contributed by atoms with Crippen molar-refractivity contribution in [2.24, 2.45) is 4.99 Å². The molecule has 1 heterocycles. The van der Waals surface area contributed by atoms with Gasteiger partial charge in [-0.05, 0) is 30.3 Å². The van der Waals surface area contributed by atoms with E-state index in [1.54, 1.807) is 18.2 Å². The molecule has 0 aliphatic rings. The summed E-state index contributed by atoms with van der Waals surface area (Å²) in [4.78, 5) is 7.76. The van der Waals surface area contributed by atoms with Crippen LogP contribution in [0.2, 0.25) is 5.02 Å². The van der Waals surface area contributed by atoms with Crippen LogP contribution >= 0.6 is 11.6 Å². The number of aliphatic imine (C=N–C) groups is 1. The lowest BCUT2D eigenvalue weighted by atomic mass is 10.2. The first-order valence-corrected chi connectivity index (χ1v) is 5.66. The molecule has 2 nitrogen and oxygen atoms in total. The van der Waals surface area contributed by atoms with Gasteiger partial charge >= 0.3 is 6.18 Å². The molecule has 6 heteroatoms. The Morgan fingerprint density at radius 3 is 2.58 bits per heavy atom. The summed E-state index contributed by atoms with van der Waals surface area (Å²) in [6.07, 6.45) is -1.69. The molecule has 0 fully saturated rings. The third-order valence-electron chi connectivity index (χ3n) is 2.29. The van der Waals surface area contributed by atoms with Crippen LogP contribution in [0.4, 0.5) is 18.9 Å². The van der Waals surface area contributed by atoms with Crippen LogP contribution in [0.25, 0.3) is 0 Å². The number of nitrogens with zero attached hydrogens (tertiary/aromatic N) is 2. The lowest BCUT2D eigenvalue weighted by Crippen LogP contribution is -2.05. The Balaban J connectivity index is 2.38. The first-order chi connectivity index (χ1) is 8.97. The fourth-order valence-electron chi connectivity index (χ4n) is 1.44. The first kappa shape index (κ1) is 13.5. The van der Waals surface area contributed by atoms with E-state index in [4.69, 9.17) is 11.6 Å². The minimum absolute atomic E-state index is 0.0177. The number of alkyl halides is 3. The molecule has 0 amide bonds. The Morgan fingerprint density at radius 1 is 1.16 bits per heavy atom. The number of pyridine rings is 1. The number of aromatic nitrogens is 1. The van der Waals surface area contributed by atoms with Crippen molar-refractivity contribution < 1.29 is 13.2 Å². The van der Waals surface area contributed by atoms with Crippen LogP contribution in [-0.4, -0.2) is 11.2 Å². The predicted molar refractivity (Wildman–Crippen MR) is 67.9 cm³/mol. The quantitative estimate of drug-likeness (QED) is 0.745. The third kappa shape index (κ3) is 3.54. The van der Waals surface area contributed by atoms with Gasteiger partial charge in [0.25, 0.3) is 0 Å². The van der Waals surface area contributed by atoms with E-state index in [0.29, 0.717) is 5.69 Å². The normalized spacial score (nSPS) is 12.0. The Morgan fingerprint density at radius 2 is 1.95 bits per heavy atom. The van der Waals surface area contributed by atoms with Gasteiger partial charge in [0.15, 0.2) is 0 Å². The second kappa shape index (κ2) is 5.40. The molecule has 2 aromatic rings. The number of hydrogen-bond acceptors (Lipinski definition) is 2. The average molecular weight is 285 g/mol. The summed E-state index contributed by atoms with van der Waals surface area (Å²) in [5.41, 5.74) is -0.583. The molecular formula is C13H8ClF3N2. The molecule has 98 valence electrons. The zero-order valence-corrected chi connectivity index (χ0v) is 10.3. The first-order valence-electron chi connectivity index (χ1n) is 5.28. The Labute approximate surface area is 112 Å². The standard InChI is InChI=1S/C13H8ClF3N2/c14-9-4-5-12(11(7-9)13(15,16)17)19-8-10-3-1-2-6-18-10/h1-8H. The molecule has 1 aromatic carbocycles. The molecule has 1 aromatic heterocycles. The predicted octanol–water partition coefficient (Wildman–Crippen LogP) is 4.50. The summed E-state index contributed by atoms with van der Waals surface area (Å²) in [6.45, 7) is 0. The van der Waals surface area contributed by atoms with Crippen LogP contribution in [0.1, 0.15) is 11.3 Å². The van der Waals surface area contributed by atoms with Gasteiger partial charge in [-0.2, -0.15) is 13.2 Å². The van der Waals surface area contributed by atoms with Gasteiger partial charge in [-0.3, -0.25) is 9.98 Å². The maximum absolute atomic E-state index is 12.8. The SMILES string of the molecule is FC(F)(F)c1cc(Cl)ccc1N=Cc1ccccn1. The zero-order valence-electron chi connectivity index (χ0n) is 9.53. The Hall–Kier alpha value is -1.88. The molecule has 0 unspecified atom stereocenters. The third-order valence-corrected chi connectivity index (χ3v) is 2.52. The number of halogens is 4. The summed E-state index contributed by atoms with van der Waals surface area (Å²) in [6, 6.07) is 8.52. The van der Waals surface area contributed by atoms with Gasteiger partial charge in [-0.15, -0.1) is 0 Å². The van der Waals surface area contributed by atoms with Gasteiger partial charge in [-0.1, -0.05) is 17.7 Å². The zero-order chi connectivity index (χ0) is 13.9. The maximum Gasteiger partial charge on any atom is 0.418 e. The molecule has 0 spiro atoms. The molecule has 0 radical (unpaired) electrons. The van der Waals surface area contributed by atoms with Crippen molar-refractivity contribution in [2.45, 2.75) is 6.18 Å². The second-order valence-electron chi connectivity index (χ2n) is 3.67. The van der Waals surface area contributed by atoms with Gasteiger partial charge in [-0.25, -0.2) is 0 Å². The molecule has 0 aliphatic carbocycles. The lowest BCUT2D eigenvalue weighted by molar-refractivity contribution is -0.137. The summed E-state index contributed by atoms with van der Waals surface area (Å²) < 4.78 is 38.4. The minimum atomic E-state index is -4.50. The van der Waals surface area contributed by atoms with Gasteiger partial charge in [0, 0.05) is 11.2 Å². The van der Waals surface area contributed by atoms with Crippen molar-refractivity contribution in [1.82, 2.24) is 4.98 Å². The summed E-state index contributed by atoms with van der Waals surface area (Å²) in [5, 5.41) is 0.0177. The van der Waals surface area contributed by atoms with Gasteiger partial charge in [0.05, 0.1) is 23.2 Å². The van der Waals surface area contributed by atoms with Crippen LogP contribution in [0, 0.1) is 0 Å². The summed E-state index contributed by atoms with van der Waals surface area (Å²) in [5.74, 6) is 0. The van der Waals surface area contributed by atoms with Crippen molar-refractivity contribution in [3.8, 4) is 0 Å². The molecule has 0 N–H and O–H groups in total. The van der Waals surface area contributed by atoms with Crippen molar-refractivity contribution >= 4 is 23.5 Å². The van der Waals surface area contributed by atoms with E-state index in [-0.39, 0.29) is 10.7 Å². The molecule has 0 saturated heterocycles. The van der Waals surface area contributed by atoms with E-state index in [0.717, 1.165) is 6.07 Å². The van der Waals surface area contributed by atoms with Crippen molar-refractivity contribution in [2.75, 3.05) is 0 Å². The van der Waals surface area contributed by atoms with E-state index in [2.05, 4.69) is 9.98 Å². The molecule has 19 heavy (non-hydrogen) atoms. The van der Waals surface area contributed by atoms with E-state index >= 15 is 0 Å². The van der Waals surface area contributed by atoms with Crippen molar-refractivity contribution in [1.29, 1.82) is 0 Å². The molecular weight excluding hydrogens is 277 g/mol. The highest BCUT2D eigenvalue weighted by Gasteiger charge is 2.33. The molecule has 0 atom stereocenters. The fourth-order valence-corrected chi connectivity index (χ4v) is 1.61.